The molecule has 8 heavy (non-hydrogen) atoms. The molecule has 0 aromatic carbocycles. The van der Waals surface area contributed by atoms with Gasteiger partial charge in [-0.2, -0.15) is 0 Å². The topological polar surface area (TPSA) is 34.0 Å². The first-order chi connectivity index (χ1) is 3.93. The molecule has 0 spiro atoms. The van der Waals surface area contributed by atoms with Gasteiger partial charge in [-0.25, -0.2) is 0 Å². The van der Waals surface area contributed by atoms with Gasteiger partial charge in [0.25, 0.3) is 0 Å². The van der Waals surface area contributed by atoms with Gasteiger partial charge in [-0.3, -0.25) is 14.9 Å². The van der Waals surface area contributed by atoms with Gasteiger partial charge in [0.05, 0.1) is 0 Å². The zero-order valence-electron chi connectivity index (χ0n) is 4.24. The van der Waals surface area contributed by atoms with Gasteiger partial charge >= 0.3 is 0 Å². The molecule has 0 saturated heterocycles. The molecule has 1 N–H and O–H groups in total. The number of nitrogens with one attached hydrogen (secondary N) is 1. The highest BCUT2D eigenvalue weighted by Gasteiger charge is 1.77. The summed E-state index contributed by atoms with van der Waals surface area (Å²) in [5.74, 6) is 0. The summed E-state index contributed by atoms with van der Waals surface area (Å²) in [4.78, 5) is 9.74. The molecule has 0 bridgehead atoms. The number of carbonyl (C=O) groups is 1. The fourth-order valence-corrected chi connectivity index (χ4v) is 0.481. The van der Waals surface area contributed by atoms with Crippen LogP contribution in [-0.4, -0.2) is 11.1 Å². The summed E-state index contributed by atoms with van der Waals surface area (Å²) in [6, 6.07) is 3.66. The van der Waals surface area contributed by atoms with Gasteiger partial charge in [-0.1, -0.05) is 0 Å². The lowest BCUT2D eigenvalue weighted by Crippen LogP contribution is -2.08. The van der Waals surface area contributed by atoms with Crippen molar-refractivity contribution in [3.63, 3.8) is 0 Å². The van der Waals surface area contributed by atoms with Gasteiger partial charge < -0.3 is 0 Å². The van der Waals surface area contributed by atoms with E-state index in [2.05, 4.69) is 5.43 Å². The lowest BCUT2D eigenvalue weighted by Gasteiger charge is -1.93. The first kappa shape index (κ1) is 4.90. The normalized spacial score (nSPS) is 8.50. The van der Waals surface area contributed by atoms with E-state index in [1.165, 1.54) is 0 Å². The van der Waals surface area contributed by atoms with Crippen LogP contribution in [0.4, 0.5) is 0 Å². The monoisotopic (exact) mass is 110 g/mol. The molecule has 1 aromatic rings. The molecule has 0 aliphatic carbocycles. The first-order valence-electron chi connectivity index (χ1n) is 2.26. The molecule has 0 atom stereocenters. The molecule has 42 valence electrons. The molecule has 3 heteroatoms. The Morgan fingerprint density at radius 3 is 2.50 bits per heavy atom. The van der Waals surface area contributed by atoms with E-state index < -0.39 is 0 Å². The van der Waals surface area contributed by atoms with Gasteiger partial charge in [-0.15, -0.1) is 0 Å². The number of carbonyl (C=O) groups excluding carboxylic acids is 1. The molecule has 1 heterocycles. The molecule has 1 rings (SSSR count). The van der Waals surface area contributed by atoms with Crippen LogP contribution >= 0.6 is 0 Å². The van der Waals surface area contributed by atoms with Crippen molar-refractivity contribution >= 4 is 6.41 Å². The second kappa shape index (κ2) is 2.16. The van der Waals surface area contributed by atoms with Crippen LogP contribution in [0.1, 0.15) is 0 Å². The van der Waals surface area contributed by atoms with Gasteiger partial charge in [0, 0.05) is 12.4 Å². The number of rotatable bonds is 2. The molecule has 1 aromatic heterocycles. The lowest BCUT2D eigenvalue weighted by molar-refractivity contribution is -0.106. The fraction of sp³-hybridized carbons (Fsp3) is 0. The Hall–Kier alpha value is -1.25. The zero-order valence-corrected chi connectivity index (χ0v) is 4.24. The van der Waals surface area contributed by atoms with Crippen molar-refractivity contribution in [3.8, 4) is 0 Å². The van der Waals surface area contributed by atoms with Gasteiger partial charge in [0.15, 0.2) is 0 Å². The largest absolute Gasteiger partial charge is 0.277 e. The zero-order chi connectivity index (χ0) is 5.82. The van der Waals surface area contributed by atoms with Crippen LogP contribution in [0, 0.1) is 0 Å². The lowest BCUT2D eigenvalue weighted by atomic mass is 10.7. The number of amides is 1. The summed E-state index contributed by atoms with van der Waals surface area (Å²) < 4.78 is 1.56. The van der Waals surface area contributed by atoms with Crippen molar-refractivity contribution in [1.29, 1.82) is 0 Å². The molecule has 0 radical (unpaired) electrons. The van der Waals surface area contributed by atoms with E-state index in [9.17, 15) is 4.79 Å². The third-order valence-electron chi connectivity index (χ3n) is 0.806. The maximum absolute atomic E-state index is 9.74. The maximum Gasteiger partial charge on any atom is 0.225 e. The van der Waals surface area contributed by atoms with Crippen molar-refractivity contribution < 1.29 is 4.79 Å². The highest BCUT2D eigenvalue weighted by Crippen LogP contribution is 1.81. The predicted molar refractivity (Wildman–Crippen MR) is 29.9 cm³/mol. The Balaban J connectivity index is 2.62. The molecular formula is C5H6N2O. The van der Waals surface area contributed by atoms with Crippen molar-refractivity contribution in [2.75, 3.05) is 5.43 Å². The second-order valence-electron chi connectivity index (χ2n) is 1.34. The maximum atomic E-state index is 9.74. The van der Waals surface area contributed by atoms with Gasteiger partial charge in [0.2, 0.25) is 6.41 Å². The minimum Gasteiger partial charge on any atom is -0.277 e. The van der Waals surface area contributed by atoms with Crippen molar-refractivity contribution in [2.45, 2.75) is 0 Å². The summed E-state index contributed by atoms with van der Waals surface area (Å²) in [6.07, 6.45) is 4.11. The number of hydrogen-bond donors (Lipinski definition) is 1. The molecule has 3 nitrogen and oxygen atoms in total. The van der Waals surface area contributed by atoms with E-state index in [-0.39, 0.29) is 0 Å². The highest BCUT2D eigenvalue weighted by atomic mass is 16.1. The number of nitrogens with zero attached hydrogens (tertiary/aromatic N) is 1. The van der Waals surface area contributed by atoms with Crippen LogP contribution in [-0.2, 0) is 4.79 Å². The molecule has 0 aliphatic rings. The van der Waals surface area contributed by atoms with E-state index in [1.54, 1.807) is 17.1 Å². The predicted octanol–water partition coefficient (Wildman–Crippen LogP) is 0.188. The highest BCUT2D eigenvalue weighted by molar-refractivity contribution is 5.56. The van der Waals surface area contributed by atoms with E-state index in [4.69, 9.17) is 0 Å². The van der Waals surface area contributed by atoms with E-state index in [0.29, 0.717) is 6.41 Å². The van der Waals surface area contributed by atoms with Crippen LogP contribution in [0.15, 0.2) is 24.5 Å². The van der Waals surface area contributed by atoms with Gasteiger partial charge in [0.1, 0.15) is 0 Å². The minimum atomic E-state index is 0.625. The molecule has 0 fully saturated rings. The summed E-state index contributed by atoms with van der Waals surface area (Å²) in [5, 5.41) is 0. The molecular weight excluding hydrogens is 104 g/mol. The second-order valence-corrected chi connectivity index (χ2v) is 1.34. The van der Waals surface area contributed by atoms with Crippen molar-refractivity contribution in [1.82, 2.24) is 4.68 Å². The average Bonchev–Trinajstić information content (AvgIpc) is 2.19. The van der Waals surface area contributed by atoms with E-state index >= 15 is 0 Å². The fourth-order valence-electron chi connectivity index (χ4n) is 0.481. The first-order valence-corrected chi connectivity index (χ1v) is 2.26. The van der Waals surface area contributed by atoms with Crippen molar-refractivity contribution in [2.24, 2.45) is 0 Å². The van der Waals surface area contributed by atoms with E-state index in [0.717, 1.165) is 0 Å². The average molecular weight is 110 g/mol. The third kappa shape index (κ3) is 0.872. The molecule has 0 unspecified atom stereocenters. The van der Waals surface area contributed by atoms with Crippen LogP contribution < -0.4 is 5.43 Å². The van der Waals surface area contributed by atoms with Crippen LogP contribution in [0.5, 0.6) is 0 Å². The summed E-state index contributed by atoms with van der Waals surface area (Å²) in [5.41, 5.74) is 2.42. The SMILES string of the molecule is O=CNn1cccc1. The number of hydrogen-bond acceptors (Lipinski definition) is 1. The Morgan fingerprint density at radius 1 is 1.38 bits per heavy atom. The molecule has 0 aliphatic heterocycles. The summed E-state index contributed by atoms with van der Waals surface area (Å²) in [7, 11) is 0. The Kier molecular flexibility index (Phi) is 1.32. The van der Waals surface area contributed by atoms with Crippen LogP contribution in [0.3, 0.4) is 0 Å². The van der Waals surface area contributed by atoms with Crippen LogP contribution in [0.25, 0.3) is 0 Å². The standard InChI is InChI=1S/C5H6N2O/c8-5-6-7-3-1-2-4-7/h1-5H,(H,6,8). The van der Waals surface area contributed by atoms with Crippen LogP contribution in [0.2, 0.25) is 0 Å². The van der Waals surface area contributed by atoms with E-state index in [1.807, 2.05) is 12.1 Å². The Bertz CT molecular complexity index is 157. The number of aromatic nitrogens is 1. The molecule has 0 saturated carbocycles. The molecule has 1 amide bonds. The summed E-state index contributed by atoms with van der Waals surface area (Å²) >= 11 is 0. The Labute approximate surface area is 46.9 Å². The third-order valence-corrected chi connectivity index (χ3v) is 0.806. The summed E-state index contributed by atoms with van der Waals surface area (Å²) in [6.45, 7) is 0. The van der Waals surface area contributed by atoms with Gasteiger partial charge in [-0.05, 0) is 12.1 Å². The quantitative estimate of drug-likeness (QED) is 0.542. The smallest absolute Gasteiger partial charge is 0.225 e. The Morgan fingerprint density at radius 2 is 2.00 bits per heavy atom. The minimum absolute atomic E-state index is 0.625. The van der Waals surface area contributed by atoms with Crippen molar-refractivity contribution in [3.05, 3.63) is 24.5 Å².